The standard InChI is InChI=1S/C13H16BrNO4/c1-2-7-18-13-9(14)8-12(13)19-11-6-4-3-5-10(11)15(16)17/h3-6,9,12-13H,2,7-8H2,1H3. The van der Waals surface area contributed by atoms with Crippen LogP contribution in [0.25, 0.3) is 0 Å². The maximum absolute atomic E-state index is 10.9. The Labute approximate surface area is 120 Å². The first-order chi connectivity index (χ1) is 9.13. The predicted octanol–water partition coefficient (Wildman–Crippen LogP) is 3.30. The highest BCUT2D eigenvalue weighted by Gasteiger charge is 2.43. The maximum atomic E-state index is 10.9. The van der Waals surface area contributed by atoms with Gasteiger partial charge in [-0.15, -0.1) is 0 Å². The number of nitro groups is 1. The summed E-state index contributed by atoms with van der Waals surface area (Å²) in [6.45, 7) is 2.71. The molecule has 0 amide bonds. The summed E-state index contributed by atoms with van der Waals surface area (Å²) in [7, 11) is 0. The summed E-state index contributed by atoms with van der Waals surface area (Å²) in [6.07, 6.45) is 1.56. The van der Waals surface area contributed by atoms with Crippen molar-refractivity contribution in [1.82, 2.24) is 0 Å². The molecular formula is C13H16BrNO4. The zero-order valence-electron chi connectivity index (χ0n) is 10.6. The molecule has 0 spiro atoms. The van der Waals surface area contributed by atoms with E-state index in [0.29, 0.717) is 12.4 Å². The van der Waals surface area contributed by atoms with E-state index in [9.17, 15) is 10.1 Å². The molecule has 19 heavy (non-hydrogen) atoms. The highest BCUT2D eigenvalue weighted by molar-refractivity contribution is 9.09. The highest BCUT2D eigenvalue weighted by Crippen LogP contribution is 2.36. The Balaban J connectivity index is 2.03. The molecule has 0 radical (unpaired) electrons. The summed E-state index contributed by atoms with van der Waals surface area (Å²) in [5.41, 5.74) is -0.00485. The molecule has 1 aliphatic carbocycles. The largest absolute Gasteiger partial charge is 0.481 e. The Morgan fingerprint density at radius 1 is 1.47 bits per heavy atom. The normalized spacial score (nSPS) is 25.7. The molecule has 0 N–H and O–H groups in total. The quantitative estimate of drug-likeness (QED) is 0.456. The fraction of sp³-hybridized carbons (Fsp3) is 0.538. The molecule has 5 nitrogen and oxygen atoms in total. The summed E-state index contributed by atoms with van der Waals surface area (Å²) >= 11 is 3.52. The molecule has 0 bridgehead atoms. The van der Waals surface area contributed by atoms with Crippen molar-refractivity contribution in [3.8, 4) is 5.75 Å². The van der Waals surface area contributed by atoms with Crippen LogP contribution in [-0.2, 0) is 4.74 Å². The monoisotopic (exact) mass is 329 g/mol. The molecule has 0 saturated heterocycles. The third-order valence-electron chi connectivity index (χ3n) is 3.04. The van der Waals surface area contributed by atoms with Crippen LogP contribution in [0, 0.1) is 10.1 Å². The molecule has 6 heteroatoms. The van der Waals surface area contributed by atoms with E-state index in [4.69, 9.17) is 9.47 Å². The Bertz CT molecular complexity index is 454. The molecule has 1 aromatic carbocycles. The lowest BCUT2D eigenvalue weighted by Gasteiger charge is -2.40. The number of hydrogen-bond donors (Lipinski definition) is 0. The minimum Gasteiger partial charge on any atom is -0.481 e. The van der Waals surface area contributed by atoms with Gasteiger partial charge in [-0.2, -0.15) is 0 Å². The number of halogens is 1. The Kier molecular flexibility index (Phi) is 4.76. The van der Waals surface area contributed by atoms with Crippen molar-refractivity contribution >= 4 is 21.6 Å². The molecule has 1 fully saturated rings. The SMILES string of the molecule is CCCOC1C(Br)CC1Oc1ccccc1[N+](=O)[O-]. The number of rotatable bonds is 6. The minimum atomic E-state index is -0.429. The van der Waals surface area contributed by atoms with Crippen LogP contribution in [-0.4, -0.2) is 28.6 Å². The van der Waals surface area contributed by atoms with E-state index < -0.39 is 4.92 Å². The lowest BCUT2D eigenvalue weighted by atomic mass is 9.91. The fourth-order valence-electron chi connectivity index (χ4n) is 1.98. The number of benzene rings is 1. The Morgan fingerprint density at radius 2 is 2.21 bits per heavy atom. The number of para-hydroxylation sites is 2. The van der Waals surface area contributed by atoms with Gasteiger partial charge in [0.25, 0.3) is 0 Å². The molecular weight excluding hydrogens is 314 g/mol. The zero-order chi connectivity index (χ0) is 13.8. The third-order valence-corrected chi connectivity index (χ3v) is 3.93. The second-order valence-electron chi connectivity index (χ2n) is 4.47. The van der Waals surface area contributed by atoms with E-state index in [-0.39, 0.29) is 22.7 Å². The van der Waals surface area contributed by atoms with Gasteiger partial charge in [-0.25, -0.2) is 0 Å². The van der Waals surface area contributed by atoms with Gasteiger partial charge in [0.05, 0.1) is 4.92 Å². The van der Waals surface area contributed by atoms with Crippen molar-refractivity contribution in [2.24, 2.45) is 0 Å². The Hall–Kier alpha value is -1.14. The lowest BCUT2D eigenvalue weighted by molar-refractivity contribution is -0.386. The average molecular weight is 330 g/mol. The van der Waals surface area contributed by atoms with Crippen LogP contribution < -0.4 is 4.74 Å². The van der Waals surface area contributed by atoms with Crippen LogP contribution in [0.3, 0.4) is 0 Å². The van der Waals surface area contributed by atoms with E-state index in [0.717, 1.165) is 12.8 Å². The predicted molar refractivity (Wildman–Crippen MR) is 74.9 cm³/mol. The van der Waals surface area contributed by atoms with E-state index in [1.807, 2.05) is 6.92 Å². The fourth-order valence-corrected chi connectivity index (χ4v) is 2.84. The number of hydrogen-bond acceptors (Lipinski definition) is 4. The van der Waals surface area contributed by atoms with Gasteiger partial charge in [0.15, 0.2) is 5.75 Å². The molecule has 104 valence electrons. The topological polar surface area (TPSA) is 61.6 Å². The molecule has 1 aromatic rings. The van der Waals surface area contributed by atoms with Crippen molar-refractivity contribution in [2.75, 3.05) is 6.61 Å². The van der Waals surface area contributed by atoms with Crippen molar-refractivity contribution in [3.05, 3.63) is 34.4 Å². The molecule has 0 heterocycles. The van der Waals surface area contributed by atoms with Gasteiger partial charge in [-0.3, -0.25) is 10.1 Å². The van der Waals surface area contributed by atoms with Crippen LogP contribution >= 0.6 is 15.9 Å². The van der Waals surface area contributed by atoms with Crippen molar-refractivity contribution < 1.29 is 14.4 Å². The molecule has 0 aromatic heterocycles. The maximum Gasteiger partial charge on any atom is 0.310 e. The van der Waals surface area contributed by atoms with Crippen molar-refractivity contribution in [2.45, 2.75) is 36.8 Å². The second-order valence-corrected chi connectivity index (χ2v) is 5.64. The van der Waals surface area contributed by atoms with E-state index in [1.54, 1.807) is 18.2 Å². The van der Waals surface area contributed by atoms with Crippen LogP contribution in [0.2, 0.25) is 0 Å². The summed E-state index contributed by atoms with van der Waals surface area (Å²) in [5, 5.41) is 10.9. The third kappa shape index (κ3) is 3.25. The van der Waals surface area contributed by atoms with Crippen LogP contribution in [0.5, 0.6) is 5.75 Å². The number of nitro benzene ring substituents is 1. The van der Waals surface area contributed by atoms with Gasteiger partial charge >= 0.3 is 5.69 Å². The van der Waals surface area contributed by atoms with E-state index >= 15 is 0 Å². The number of nitrogens with zero attached hydrogens (tertiary/aromatic N) is 1. The summed E-state index contributed by atoms with van der Waals surface area (Å²) < 4.78 is 11.4. The van der Waals surface area contributed by atoms with Gasteiger partial charge in [0.2, 0.25) is 0 Å². The molecule has 3 atom stereocenters. The first-order valence-corrected chi connectivity index (χ1v) is 7.20. The molecule has 0 aliphatic heterocycles. The molecule has 3 unspecified atom stereocenters. The van der Waals surface area contributed by atoms with E-state index in [1.165, 1.54) is 6.07 Å². The Morgan fingerprint density at radius 3 is 2.84 bits per heavy atom. The summed E-state index contributed by atoms with van der Waals surface area (Å²) in [4.78, 5) is 10.7. The average Bonchev–Trinajstić information content (AvgIpc) is 2.39. The second kappa shape index (κ2) is 6.34. The van der Waals surface area contributed by atoms with Crippen molar-refractivity contribution in [3.63, 3.8) is 0 Å². The van der Waals surface area contributed by atoms with Gasteiger partial charge in [0, 0.05) is 23.9 Å². The zero-order valence-corrected chi connectivity index (χ0v) is 12.2. The van der Waals surface area contributed by atoms with Crippen LogP contribution in [0.15, 0.2) is 24.3 Å². The molecule has 1 aliphatic rings. The first kappa shape index (κ1) is 14.3. The van der Waals surface area contributed by atoms with E-state index in [2.05, 4.69) is 15.9 Å². The molecule has 1 saturated carbocycles. The first-order valence-electron chi connectivity index (χ1n) is 6.29. The highest BCUT2D eigenvalue weighted by atomic mass is 79.9. The van der Waals surface area contributed by atoms with Crippen LogP contribution in [0.4, 0.5) is 5.69 Å². The summed E-state index contributed by atoms with van der Waals surface area (Å²) in [6, 6.07) is 6.43. The molecule has 2 rings (SSSR count). The van der Waals surface area contributed by atoms with Crippen LogP contribution in [0.1, 0.15) is 19.8 Å². The van der Waals surface area contributed by atoms with Gasteiger partial charge < -0.3 is 9.47 Å². The lowest BCUT2D eigenvalue weighted by Crippen LogP contribution is -2.52. The van der Waals surface area contributed by atoms with Crippen molar-refractivity contribution in [1.29, 1.82) is 0 Å². The van der Waals surface area contributed by atoms with Gasteiger partial charge in [0.1, 0.15) is 12.2 Å². The minimum absolute atomic E-state index is 0.00485. The van der Waals surface area contributed by atoms with Gasteiger partial charge in [-0.1, -0.05) is 35.0 Å². The van der Waals surface area contributed by atoms with Gasteiger partial charge in [-0.05, 0) is 12.5 Å². The smallest absolute Gasteiger partial charge is 0.310 e. The summed E-state index contributed by atoms with van der Waals surface area (Å²) in [5.74, 6) is 0.307. The number of alkyl halides is 1. The number of ether oxygens (including phenoxy) is 2.